The second-order valence-electron chi connectivity index (χ2n) is 5.35. The van der Waals surface area contributed by atoms with Crippen LogP contribution in [0, 0.1) is 0 Å². The highest BCUT2D eigenvalue weighted by molar-refractivity contribution is 7.92. The summed E-state index contributed by atoms with van der Waals surface area (Å²) in [7, 11) is -2.97. The summed E-state index contributed by atoms with van der Waals surface area (Å²) in [6.07, 6.45) is -2.41. The standard InChI is InChI=1S/C11H13N3O5S.C2HF3O2/c15-10(16)2-4-14-3-1-8(5-12-14)11(17)13-9-6-20(18,19)7-9;3-2(4,5)1(6)7/h1,3,5,9H,2,4,6-7H2,(H-,13,15,16,17);(H,6,7). The van der Waals surface area contributed by atoms with Crippen LogP contribution in [0.2, 0.25) is 0 Å². The second kappa shape index (κ2) is 8.75. The van der Waals surface area contributed by atoms with Gasteiger partial charge in [-0.05, 0) is 5.10 Å². The molecule has 150 valence electrons. The lowest BCUT2D eigenvalue weighted by Gasteiger charge is -2.26. The van der Waals surface area contributed by atoms with E-state index in [9.17, 15) is 31.2 Å². The highest BCUT2D eigenvalue weighted by Gasteiger charge is 2.34. The van der Waals surface area contributed by atoms with Crippen molar-refractivity contribution in [3.05, 3.63) is 24.0 Å². The minimum atomic E-state index is -5.19. The molecule has 1 amide bonds. The zero-order chi connectivity index (χ0) is 20.8. The van der Waals surface area contributed by atoms with Crippen LogP contribution in [0.5, 0.6) is 0 Å². The quantitative estimate of drug-likeness (QED) is 0.509. The van der Waals surface area contributed by atoms with Crippen LogP contribution in [-0.4, -0.2) is 60.2 Å². The van der Waals surface area contributed by atoms with Crippen LogP contribution in [0.15, 0.2) is 18.5 Å². The number of aryl methyl sites for hydroxylation is 1. The molecule has 0 radical (unpaired) electrons. The molecule has 0 unspecified atom stereocenters. The fourth-order valence-corrected chi connectivity index (χ4v) is 3.07. The van der Waals surface area contributed by atoms with E-state index in [-0.39, 0.29) is 36.4 Å². The number of hydrogen-bond acceptors (Lipinski definition) is 7. The van der Waals surface area contributed by atoms with E-state index >= 15 is 0 Å². The van der Waals surface area contributed by atoms with Crippen molar-refractivity contribution in [2.75, 3.05) is 11.5 Å². The Balaban J connectivity index is 0.000000445. The predicted molar refractivity (Wildman–Crippen MR) is 77.7 cm³/mol. The summed E-state index contributed by atoms with van der Waals surface area (Å²) >= 11 is 0. The molecule has 0 spiro atoms. The minimum Gasteiger partial charge on any atom is -0.542 e. The van der Waals surface area contributed by atoms with Crippen molar-refractivity contribution in [2.45, 2.75) is 25.2 Å². The SMILES string of the molecule is O=C(O)CC[n+]1ccc(C(=O)NC2CS(=O)(=O)C2)cn1.O=C([O-])C(F)(F)F. The van der Waals surface area contributed by atoms with E-state index in [1.807, 2.05) is 0 Å². The maximum absolute atomic E-state index is 11.8. The summed E-state index contributed by atoms with van der Waals surface area (Å²) in [6.45, 7) is 0.220. The van der Waals surface area contributed by atoms with E-state index in [4.69, 9.17) is 15.0 Å². The van der Waals surface area contributed by atoms with Gasteiger partial charge in [-0.3, -0.25) is 9.59 Å². The molecule has 10 nitrogen and oxygen atoms in total. The van der Waals surface area contributed by atoms with Gasteiger partial charge in [0.25, 0.3) is 5.91 Å². The van der Waals surface area contributed by atoms with Crippen LogP contribution < -0.4 is 15.1 Å². The zero-order valence-corrected chi connectivity index (χ0v) is 14.3. The molecule has 27 heavy (non-hydrogen) atoms. The van der Waals surface area contributed by atoms with Gasteiger partial charge in [0, 0.05) is 6.07 Å². The molecule has 2 rings (SSSR count). The van der Waals surface area contributed by atoms with E-state index in [1.54, 1.807) is 0 Å². The number of nitrogens with zero attached hydrogens (tertiary/aromatic N) is 2. The first kappa shape index (κ1) is 22.3. The number of alkyl halides is 3. The molecular formula is C13H14F3N3O7S. The number of carboxylic acids is 2. The number of carboxylic acid groups (broad SMARTS) is 2. The normalized spacial score (nSPS) is 15.7. The Morgan fingerprint density at radius 3 is 2.26 bits per heavy atom. The fourth-order valence-electron chi connectivity index (χ4n) is 1.78. The molecule has 0 saturated carbocycles. The number of amides is 1. The number of sulfone groups is 1. The number of halogens is 3. The van der Waals surface area contributed by atoms with Crippen LogP contribution in [-0.2, 0) is 26.0 Å². The van der Waals surface area contributed by atoms with Gasteiger partial charge in [0.15, 0.2) is 22.6 Å². The Bertz CT molecular complexity index is 797. The molecule has 1 aromatic rings. The molecule has 1 fully saturated rings. The lowest BCUT2D eigenvalue weighted by atomic mass is 10.2. The summed E-state index contributed by atoms with van der Waals surface area (Å²) in [5.41, 5.74) is 0.306. The third kappa shape index (κ3) is 7.98. The number of rotatable bonds is 5. The number of carbonyl (C=O) groups is 3. The van der Waals surface area contributed by atoms with Gasteiger partial charge in [0.1, 0.15) is 18.6 Å². The molecule has 1 aliphatic heterocycles. The molecule has 0 aliphatic carbocycles. The lowest BCUT2D eigenvalue weighted by molar-refractivity contribution is -0.753. The smallest absolute Gasteiger partial charge is 0.430 e. The van der Waals surface area contributed by atoms with Gasteiger partial charge in [-0.25, -0.2) is 8.42 Å². The highest BCUT2D eigenvalue weighted by Crippen LogP contribution is 2.11. The Morgan fingerprint density at radius 1 is 1.33 bits per heavy atom. The topological polar surface area (TPSA) is 157 Å². The highest BCUT2D eigenvalue weighted by atomic mass is 32.2. The van der Waals surface area contributed by atoms with Gasteiger partial charge < -0.3 is 20.3 Å². The molecule has 1 aliphatic rings. The van der Waals surface area contributed by atoms with Crippen LogP contribution in [0.25, 0.3) is 0 Å². The number of aromatic nitrogens is 2. The molecule has 2 heterocycles. The van der Waals surface area contributed by atoms with Crippen molar-refractivity contribution in [1.82, 2.24) is 10.4 Å². The Labute approximate surface area is 150 Å². The van der Waals surface area contributed by atoms with Gasteiger partial charge in [-0.2, -0.15) is 13.2 Å². The Hall–Kier alpha value is -2.77. The van der Waals surface area contributed by atoms with Crippen molar-refractivity contribution >= 4 is 27.7 Å². The molecular weight excluding hydrogens is 399 g/mol. The van der Waals surface area contributed by atoms with Crippen molar-refractivity contribution in [3.63, 3.8) is 0 Å². The van der Waals surface area contributed by atoms with Gasteiger partial charge in [0.2, 0.25) is 0 Å². The number of aliphatic carboxylic acids is 2. The van der Waals surface area contributed by atoms with Crippen LogP contribution in [0.4, 0.5) is 13.2 Å². The number of nitrogens with one attached hydrogen (secondary N) is 1. The maximum atomic E-state index is 11.8. The van der Waals surface area contributed by atoms with Crippen LogP contribution in [0.3, 0.4) is 0 Å². The third-order valence-corrected chi connectivity index (χ3v) is 4.89. The largest absolute Gasteiger partial charge is 0.542 e. The maximum Gasteiger partial charge on any atom is 0.430 e. The second-order valence-corrected chi connectivity index (χ2v) is 7.51. The molecule has 0 bridgehead atoms. The van der Waals surface area contributed by atoms with Gasteiger partial charge in [0.05, 0.1) is 23.1 Å². The Kier molecular flexibility index (Phi) is 7.21. The first-order valence-electron chi connectivity index (χ1n) is 7.17. The first-order chi connectivity index (χ1) is 12.3. The average molecular weight is 413 g/mol. The zero-order valence-electron chi connectivity index (χ0n) is 13.5. The van der Waals surface area contributed by atoms with Crippen molar-refractivity contribution < 1.29 is 50.9 Å². The molecule has 1 aromatic heterocycles. The van der Waals surface area contributed by atoms with Crippen LogP contribution in [0.1, 0.15) is 16.8 Å². The van der Waals surface area contributed by atoms with Gasteiger partial charge in [-0.15, -0.1) is 0 Å². The molecule has 0 aromatic carbocycles. The predicted octanol–water partition coefficient (Wildman–Crippen LogP) is -2.33. The van der Waals surface area contributed by atoms with Crippen LogP contribution >= 0.6 is 0 Å². The van der Waals surface area contributed by atoms with E-state index < -0.39 is 28.0 Å². The fraction of sp³-hybridized carbons (Fsp3) is 0.462. The lowest BCUT2D eigenvalue weighted by Crippen LogP contribution is -2.53. The van der Waals surface area contributed by atoms with Crippen molar-refractivity contribution in [3.8, 4) is 0 Å². The number of carbonyl (C=O) groups excluding carboxylic acids is 2. The number of hydrogen-bond donors (Lipinski definition) is 2. The molecule has 2 N–H and O–H groups in total. The van der Waals surface area contributed by atoms with E-state index in [0.717, 1.165) is 0 Å². The minimum absolute atomic E-state index is 0.0301. The summed E-state index contributed by atoms with van der Waals surface area (Å²) in [6, 6.07) is 1.17. The van der Waals surface area contributed by atoms with Gasteiger partial charge in [-0.1, -0.05) is 4.68 Å². The summed E-state index contributed by atoms with van der Waals surface area (Å²) in [5.74, 6) is -4.38. The Morgan fingerprint density at radius 2 is 1.89 bits per heavy atom. The monoisotopic (exact) mass is 413 g/mol. The van der Waals surface area contributed by atoms with Gasteiger partial charge >= 0.3 is 12.1 Å². The summed E-state index contributed by atoms with van der Waals surface area (Å²) < 4.78 is 54.9. The average Bonchev–Trinajstić information content (AvgIpc) is 2.51. The van der Waals surface area contributed by atoms with Crippen molar-refractivity contribution in [1.29, 1.82) is 0 Å². The molecule has 0 atom stereocenters. The summed E-state index contributed by atoms with van der Waals surface area (Å²) in [5, 5.41) is 23.8. The van der Waals surface area contributed by atoms with Crippen molar-refractivity contribution in [2.24, 2.45) is 0 Å². The van der Waals surface area contributed by atoms with E-state index in [2.05, 4.69) is 10.4 Å². The first-order valence-corrected chi connectivity index (χ1v) is 8.99. The molecule has 14 heteroatoms. The third-order valence-electron chi connectivity index (χ3n) is 3.07. The van der Waals surface area contributed by atoms with E-state index in [0.29, 0.717) is 5.56 Å². The summed E-state index contributed by atoms with van der Waals surface area (Å²) in [4.78, 5) is 31.0. The molecule has 1 saturated heterocycles. The van der Waals surface area contributed by atoms with E-state index in [1.165, 1.54) is 23.1 Å².